The van der Waals surface area contributed by atoms with Crippen molar-refractivity contribution < 1.29 is 47.9 Å². The quantitative estimate of drug-likeness (QED) is 0.0650. The lowest BCUT2D eigenvalue weighted by atomic mass is 9.98. The van der Waals surface area contributed by atoms with Gasteiger partial charge in [0.25, 0.3) is 5.09 Å². The van der Waals surface area contributed by atoms with Crippen molar-refractivity contribution in [2.75, 3.05) is 19.8 Å². The first kappa shape index (κ1) is 38.6. The Kier molecular flexibility index (Phi) is 12.7. The van der Waals surface area contributed by atoms with E-state index in [-0.39, 0.29) is 43.6 Å². The number of esters is 1. The van der Waals surface area contributed by atoms with Gasteiger partial charge in [-0.3, -0.25) is 0 Å². The first-order valence-electron chi connectivity index (χ1n) is 17.5. The van der Waals surface area contributed by atoms with Gasteiger partial charge in [0.2, 0.25) is 12.1 Å². The average molecular weight is 770 g/mol. The average Bonchev–Trinajstić information content (AvgIpc) is 3.94. The molecule has 288 valence electrons. The van der Waals surface area contributed by atoms with Crippen LogP contribution in [0.4, 0.5) is 4.79 Å². The molecule has 6 rings (SSSR count). The SMILES string of the molecule is CCCCc1nc(Cl)c(C(=O)OC(C)OC(=O)O[C@H]2COC3C2OC[C@H]3OCCC(C)O[N+](=O)[O-])n1Cc1ccc(-c2ccccc2-c2nn[nH]n2)cc1. The lowest BCUT2D eigenvalue weighted by Crippen LogP contribution is -2.36. The van der Waals surface area contributed by atoms with Crippen LogP contribution >= 0.6 is 11.6 Å². The maximum atomic E-state index is 13.5. The van der Waals surface area contributed by atoms with E-state index >= 15 is 0 Å². The van der Waals surface area contributed by atoms with Crippen molar-refractivity contribution in [1.82, 2.24) is 30.2 Å². The number of nitrogens with zero attached hydrogens (tertiary/aromatic N) is 6. The first-order chi connectivity index (χ1) is 26.1. The Labute approximate surface area is 314 Å². The van der Waals surface area contributed by atoms with Crippen LogP contribution in [0.3, 0.4) is 0 Å². The second kappa shape index (κ2) is 17.8. The van der Waals surface area contributed by atoms with Crippen molar-refractivity contribution in [2.24, 2.45) is 0 Å². The molecule has 4 aromatic rings. The fourth-order valence-corrected chi connectivity index (χ4v) is 6.59. The number of aromatic amines is 1. The first-order valence-corrected chi connectivity index (χ1v) is 17.9. The minimum Gasteiger partial charge on any atom is -0.426 e. The van der Waals surface area contributed by atoms with Crippen LogP contribution in [0.25, 0.3) is 22.5 Å². The molecule has 0 spiro atoms. The van der Waals surface area contributed by atoms with Crippen molar-refractivity contribution in [1.29, 1.82) is 0 Å². The van der Waals surface area contributed by atoms with E-state index in [0.29, 0.717) is 18.1 Å². The maximum Gasteiger partial charge on any atom is 0.511 e. The molecule has 2 aromatic carbocycles. The monoisotopic (exact) mass is 769 g/mol. The highest BCUT2D eigenvalue weighted by molar-refractivity contribution is 6.32. The highest BCUT2D eigenvalue weighted by Gasteiger charge is 2.50. The molecule has 1 N–H and O–H groups in total. The molecule has 4 heterocycles. The molecule has 2 fully saturated rings. The number of carbonyl (C=O) groups excluding carboxylic acids is 2. The molecule has 54 heavy (non-hydrogen) atoms. The predicted octanol–water partition coefficient (Wildman–Crippen LogP) is 4.97. The number of tetrazole rings is 1. The summed E-state index contributed by atoms with van der Waals surface area (Å²) in [6.07, 6.45) is -2.88. The normalized spacial score (nSPS) is 20.2. The molecular formula is C35H40ClN7O11. The van der Waals surface area contributed by atoms with E-state index in [4.69, 9.17) is 40.0 Å². The van der Waals surface area contributed by atoms with E-state index in [1.165, 1.54) is 6.92 Å². The summed E-state index contributed by atoms with van der Waals surface area (Å²) in [6, 6.07) is 15.6. The molecule has 2 aliphatic heterocycles. The number of imidazole rings is 1. The van der Waals surface area contributed by atoms with Crippen LogP contribution in [0, 0.1) is 10.1 Å². The highest BCUT2D eigenvalue weighted by atomic mass is 35.5. The minimum absolute atomic E-state index is 0.0230. The van der Waals surface area contributed by atoms with Gasteiger partial charge in [-0.15, -0.1) is 20.3 Å². The smallest absolute Gasteiger partial charge is 0.426 e. The van der Waals surface area contributed by atoms with E-state index < -0.39 is 54.0 Å². The van der Waals surface area contributed by atoms with Crippen LogP contribution in [0.15, 0.2) is 48.5 Å². The number of hydrogen-bond acceptors (Lipinski definition) is 15. The zero-order valence-corrected chi connectivity index (χ0v) is 30.5. The molecule has 0 bridgehead atoms. The number of unbranched alkanes of at least 4 members (excludes halogenated alkanes) is 1. The van der Waals surface area contributed by atoms with Crippen LogP contribution in [-0.4, -0.2) is 104 Å². The number of halogens is 1. The number of benzene rings is 2. The second-order valence-corrected chi connectivity index (χ2v) is 13.1. The van der Waals surface area contributed by atoms with Crippen LogP contribution in [0.1, 0.15) is 61.9 Å². The van der Waals surface area contributed by atoms with E-state index in [9.17, 15) is 19.7 Å². The maximum absolute atomic E-state index is 13.5. The summed E-state index contributed by atoms with van der Waals surface area (Å²) >= 11 is 6.54. The number of nitrogens with one attached hydrogen (secondary N) is 1. The Balaban J connectivity index is 1.06. The van der Waals surface area contributed by atoms with Gasteiger partial charge in [-0.05, 0) is 41.7 Å². The van der Waals surface area contributed by atoms with Gasteiger partial charge in [-0.1, -0.05) is 73.5 Å². The number of H-pyrrole nitrogens is 1. The number of fused-ring (bicyclic) bond motifs is 1. The summed E-state index contributed by atoms with van der Waals surface area (Å²) < 4.78 is 35.3. The van der Waals surface area contributed by atoms with Gasteiger partial charge in [0.15, 0.2) is 17.0 Å². The number of aromatic nitrogens is 6. The van der Waals surface area contributed by atoms with E-state index in [0.717, 1.165) is 35.1 Å². The van der Waals surface area contributed by atoms with Crippen LogP contribution < -0.4 is 0 Å². The molecule has 0 radical (unpaired) electrons. The molecule has 0 saturated carbocycles. The molecule has 0 amide bonds. The molecule has 2 saturated heterocycles. The minimum atomic E-state index is -1.34. The van der Waals surface area contributed by atoms with Gasteiger partial charge in [0.1, 0.15) is 30.2 Å². The van der Waals surface area contributed by atoms with Crippen LogP contribution in [0.2, 0.25) is 5.15 Å². The highest BCUT2D eigenvalue weighted by Crippen LogP contribution is 2.32. The summed E-state index contributed by atoms with van der Waals surface area (Å²) in [4.78, 5) is 45.8. The predicted molar refractivity (Wildman–Crippen MR) is 188 cm³/mol. The molecule has 2 aliphatic rings. The number of carbonyl (C=O) groups is 2. The van der Waals surface area contributed by atoms with E-state index in [2.05, 4.69) is 37.4 Å². The van der Waals surface area contributed by atoms with Crippen molar-refractivity contribution in [3.63, 3.8) is 0 Å². The van der Waals surface area contributed by atoms with Gasteiger partial charge in [-0.25, -0.2) is 14.6 Å². The molecule has 0 aliphatic carbocycles. The van der Waals surface area contributed by atoms with Gasteiger partial charge >= 0.3 is 12.1 Å². The lowest BCUT2D eigenvalue weighted by molar-refractivity contribution is -0.767. The number of rotatable bonds is 17. The van der Waals surface area contributed by atoms with Gasteiger partial charge < -0.3 is 37.8 Å². The molecule has 2 aromatic heterocycles. The molecule has 19 heteroatoms. The van der Waals surface area contributed by atoms with Crippen LogP contribution in [0.5, 0.6) is 0 Å². The topological polar surface area (TPSA) is 214 Å². The molecular weight excluding hydrogens is 730 g/mol. The van der Waals surface area contributed by atoms with Crippen molar-refractivity contribution in [3.05, 3.63) is 80.9 Å². The fourth-order valence-electron chi connectivity index (χ4n) is 6.31. The van der Waals surface area contributed by atoms with Crippen molar-refractivity contribution >= 4 is 23.7 Å². The van der Waals surface area contributed by atoms with Crippen molar-refractivity contribution in [3.8, 4) is 22.5 Å². The Bertz CT molecular complexity index is 1890. The van der Waals surface area contributed by atoms with Gasteiger partial charge in [-0.2, -0.15) is 5.21 Å². The molecule has 6 atom stereocenters. The second-order valence-electron chi connectivity index (χ2n) is 12.8. The largest absolute Gasteiger partial charge is 0.511 e. The third kappa shape index (κ3) is 9.30. The third-order valence-corrected chi connectivity index (χ3v) is 9.20. The summed E-state index contributed by atoms with van der Waals surface area (Å²) in [5.74, 6) is 0.263. The zero-order chi connectivity index (χ0) is 38.2. The fraction of sp³-hybridized carbons (Fsp3) is 0.486. The Morgan fingerprint density at radius 3 is 2.48 bits per heavy atom. The summed E-state index contributed by atoms with van der Waals surface area (Å²) in [6.45, 7) is 5.66. The third-order valence-electron chi connectivity index (χ3n) is 8.94. The van der Waals surface area contributed by atoms with Crippen LogP contribution in [-0.2, 0) is 46.2 Å². The van der Waals surface area contributed by atoms with Crippen molar-refractivity contribution in [2.45, 2.75) is 89.8 Å². The Morgan fingerprint density at radius 1 is 1.06 bits per heavy atom. The van der Waals surface area contributed by atoms with E-state index in [1.54, 1.807) is 11.5 Å². The number of aryl methyl sites for hydroxylation is 1. The lowest BCUT2D eigenvalue weighted by Gasteiger charge is -2.19. The standard InChI is InChI=1S/C35H40ClN7O11/c1-4-5-10-28-37-32(36)29(42(28)17-22-11-13-23(14-12-22)24-8-6-7-9-25(24)33-38-40-41-39-33)34(44)51-21(3)52-35(45)53-27-19-50-30-26(18-49-31(27)30)48-16-15-20(2)54-43(46)47/h6-9,11-14,20-21,26-27,30-31H,4-5,10,15-19H2,1-3H3,(H,38,39,40,41)/t20?,21?,26-,27+,30?,31?/m1/s1. The summed E-state index contributed by atoms with van der Waals surface area (Å²) in [5.41, 5.74) is 3.59. The van der Waals surface area contributed by atoms with Gasteiger partial charge in [0, 0.05) is 32.1 Å². The Morgan fingerprint density at radius 2 is 1.78 bits per heavy atom. The molecule has 4 unspecified atom stereocenters. The van der Waals surface area contributed by atoms with Gasteiger partial charge in [0.05, 0.1) is 13.2 Å². The molecule has 18 nitrogen and oxygen atoms in total. The summed E-state index contributed by atoms with van der Waals surface area (Å²) in [5, 5.41) is 24.0. The number of hydrogen-bond donors (Lipinski definition) is 1. The summed E-state index contributed by atoms with van der Waals surface area (Å²) in [7, 11) is 0. The number of ether oxygens (including phenoxy) is 6. The zero-order valence-electron chi connectivity index (χ0n) is 29.8. The Hall–Kier alpha value is -5.17. The van der Waals surface area contributed by atoms with E-state index in [1.807, 2.05) is 48.5 Å².